The van der Waals surface area contributed by atoms with E-state index in [-0.39, 0.29) is 6.03 Å². The first kappa shape index (κ1) is 18.9. The Hall–Kier alpha value is -3.45. The van der Waals surface area contributed by atoms with Gasteiger partial charge in [-0.2, -0.15) is 5.10 Å². The molecule has 4 rings (SSSR count). The molecule has 6 nitrogen and oxygen atoms in total. The molecule has 146 valence electrons. The van der Waals surface area contributed by atoms with E-state index in [9.17, 15) is 4.79 Å². The number of aryl methyl sites for hydroxylation is 1. The van der Waals surface area contributed by atoms with Crippen LogP contribution < -0.4 is 10.6 Å². The summed E-state index contributed by atoms with van der Waals surface area (Å²) < 4.78 is 0. The molecule has 2 amide bonds. The number of anilines is 1. The third kappa shape index (κ3) is 5.08. The zero-order valence-electron chi connectivity index (χ0n) is 16.0. The third-order valence-corrected chi connectivity index (χ3v) is 5.29. The van der Waals surface area contributed by atoms with Gasteiger partial charge in [0.25, 0.3) is 0 Å². The Morgan fingerprint density at radius 3 is 2.76 bits per heavy atom. The summed E-state index contributed by atoms with van der Waals surface area (Å²) in [5.41, 5.74) is 6.21. The number of benzene rings is 2. The van der Waals surface area contributed by atoms with Crippen molar-refractivity contribution in [2.45, 2.75) is 19.9 Å². The van der Waals surface area contributed by atoms with Gasteiger partial charge in [-0.1, -0.05) is 35.9 Å². The minimum Gasteiger partial charge on any atom is -0.334 e. The number of aromatic amines is 1. The summed E-state index contributed by atoms with van der Waals surface area (Å²) in [5, 5.41) is 15.4. The number of hydrogen-bond donors (Lipinski definition) is 3. The predicted octanol–water partition coefficient (Wildman–Crippen LogP) is 4.75. The summed E-state index contributed by atoms with van der Waals surface area (Å²) in [5.74, 6) is 0. The van der Waals surface area contributed by atoms with Crippen LogP contribution in [0.15, 0.2) is 66.3 Å². The normalized spacial score (nSPS) is 10.7. The Kier molecular flexibility index (Phi) is 5.67. The fourth-order valence-corrected chi connectivity index (χ4v) is 3.78. The molecule has 3 N–H and O–H groups in total. The highest BCUT2D eigenvalue weighted by Gasteiger charge is 2.07. The SMILES string of the molecule is Cc1cccc(-c2csc(Cc3ccc(NC(=O)NCc4cn[nH]c4)cc3)n2)c1. The van der Waals surface area contributed by atoms with Gasteiger partial charge in [-0.05, 0) is 30.7 Å². The fraction of sp³-hybridized carbons (Fsp3) is 0.136. The number of rotatable bonds is 6. The Balaban J connectivity index is 1.33. The minimum absolute atomic E-state index is 0.248. The lowest BCUT2D eigenvalue weighted by Gasteiger charge is -2.07. The molecule has 0 aliphatic rings. The van der Waals surface area contributed by atoms with Crippen LogP contribution in [0.1, 0.15) is 21.7 Å². The van der Waals surface area contributed by atoms with Gasteiger partial charge in [0.15, 0.2) is 0 Å². The molecule has 0 bridgehead atoms. The van der Waals surface area contributed by atoms with Gasteiger partial charge in [-0.25, -0.2) is 9.78 Å². The van der Waals surface area contributed by atoms with Crippen molar-refractivity contribution >= 4 is 23.1 Å². The summed E-state index contributed by atoms with van der Waals surface area (Å²) in [6.07, 6.45) is 4.19. The summed E-state index contributed by atoms with van der Waals surface area (Å²) in [7, 11) is 0. The highest BCUT2D eigenvalue weighted by atomic mass is 32.1. The van der Waals surface area contributed by atoms with E-state index in [1.165, 1.54) is 5.56 Å². The number of H-pyrrole nitrogens is 1. The average Bonchev–Trinajstić information content (AvgIpc) is 3.40. The van der Waals surface area contributed by atoms with Gasteiger partial charge in [0.2, 0.25) is 0 Å². The van der Waals surface area contributed by atoms with E-state index < -0.39 is 0 Å². The summed E-state index contributed by atoms with van der Waals surface area (Å²) in [4.78, 5) is 16.8. The molecule has 0 spiro atoms. The van der Waals surface area contributed by atoms with E-state index in [0.717, 1.165) is 39.5 Å². The quantitative estimate of drug-likeness (QED) is 0.434. The molecule has 0 atom stereocenters. The number of hydrogen-bond acceptors (Lipinski definition) is 4. The summed E-state index contributed by atoms with van der Waals surface area (Å²) >= 11 is 1.67. The molecule has 2 aromatic carbocycles. The predicted molar refractivity (Wildman–Crippen MR) is 116 cm³/mol. The molecule has 0 saturated heterocycles. The highest BCUT2D eigenvalue weighted by Crippen LogP contribution is 2.24. The standard InChI is InChI=1S/C22H21N5OS/c1-15-3-2-4-18(9-15)20-14-29-21(27-20)10-16-5-7-19(8-6-16)26-22(28)23-11-17-12-24-25-13-17/h2-9,12-14H,10-11H2,1H3,(H,24,25)(H2,23,26,28). The van der Waals surface area contributed by atoms with E-state index in [2.05, 4.69) is 57.4 Å². The van der Waals surface area contributed by atoms with Crippen molar-refractivity contribution < 1.29 is 4.79 Å². The van der Waals surface area contributed by atoms with Crippen molar-refractivity contribution in [3.05, 3.63) is 88.0 Å². The molecule has 2 aromatic heterocycles. The Labute approximate surface area is 173 Å². The minimum atomic E-state index is -0.248. The number of nitrogens with one attached hydrogen (secondary N) is 3. The van der Waals surface area contributed by atoms with Crippen LogP contribution in [0.2, 0.25) is 0 Å². The maximum atomic E-state index is 12.0. The van der Waals surface area contributed by atoms with Crippen LogP contribution in [-0.4, -0.2) is 21.2 Å². The van der Waals surface area contributed by atoms with Crippen molar-refractivity contribution in [1.29, 1.82) is 0 Å². The van der Waals surface area contributed by atoms with Crippen LogP contribution in [0.25, 0.3) is 11.3 Å². The van der Waals surface area contributed by atoms with Crippen LogP contribution in [-0.2, 0) is 13.0 Å². The monoisotopic (exact) mass is 403 g/mol. The lowest BCUT2D eigenvalue weighted by atomic mass is 10.1. The molecule has 0 fully saturated rings. The maximum Gasteiger partial charge on any atom is 0.319 e. The van der Waals surface area contributed by atoms with Crippen LogP contribution in [0.3, 0.4) is 0 Å². The number of amides is 2. The number of thiazole rings is 1. The zero-order valence-corrected chi connectivity index (χ0v) is 16.8. The van der Waals surface area contributed by atoms with Crippen LogP contribution >= 0.6 is 11.3 Å². The molecule has 7 heteroatoms. The smallest absolute Gasteiger partial charge is 0.319 e. The van der Waals surface area contributed by atoms with Gasteiger partial charge in [0, 0.05) is 41.4 Å². The molecular formula is C22H21N5OS. The zero-order chi connectivity index (χ0) is 20.1. The van der Waals surface area contributed by atoms with E-state index in [1.54, 1.807) is 23.7 Å². The molecule has 0 aliphatic heterocycles. The fourth-order valence-electron chi connectivity index (χ4n) is 2.94. The molecular weight excluding hydrogens is 382 g/mol. The first-order valence-corrected chi connectivity index (χ1v) is 10.2. The molecule has 29 heavy (non-hydrogen) atoms. The molecule has 0 aliphatic carbocycles. The van der Waals surface area contributed by atoms with Crippen molar-refractivity contribution in [2.75, 3.05) is 5.32 Å². The van der Waals surface area contributed by atoms with Crippen LogP contribution in [0.5, 0.6) is 0 Å². The molecule has 4 aromatic rings. The largest absolute Gasteiger partial charge is 0.334 e. The summed E-state index contributed by atoms with van der Waals surface area (Å²) in [6.45, 7) is 2.51. The van der Waals surface area contributed by atoms with E-state index >= 15 is 0 Å². The number of urea groups is 1. The topological polar surface area (TPSA) is 82.7 Å². The van der Waals surface area contributed by atoms with Crippen molar-refractivity contribution in [3.8, 4) is 11.3 Å². The molecule has 2 heterocycles. The van der Waals surface area contributed by atoms with Crippen molar-refractivity contribution in [1.82, 2.24) is 20.5 Å². The van der Waals surface area contributed by atoms with Gasteiger partial charge >= 0.3 is 6.03 Å². The van der Waals surface area contributed by atoms with Gasteiger partial charge in [0.05, 0.1) is 16.9 Å². The lowest BCUT2D eigenvalue weighted by Crippen LogP contribution is -2.27. The highest BCUT2D eigenvalue weighted by molar-refractivity contribution is 7.10. The first-order valence-electron chi connectivity index (χ1n) is 9.28. The second-order valence-corrected chi connectivity index (χ2v) is 7.73. The Bertz CT molecular complexity index is 1090. The van der Waals surface area contributed by atoms with Crippen molar-refractivity contribution in [3.63, 3.8) is 0 Å². The van der Waals surface area contributed by atoms with E-state index in [1.807, 2.05) is 24.3 Å². The number of aromatic nitrogens is 3. The molecule has 0 unspecified atom stereocenters. The first-order chi connectivity index (χ1) is 14.2. The maximum absolute atomic E-state index is 12.0. The number of carbonyl (C=O) groups excluding carboxylic acids is 1. The van der Waals surface area contributed by atoms with Crippen molar-refractivity contribution in [2.24, 2.45) is 0 Å². The van der Waals surface area contributed by atoms with Gasteiger partial charge in [-0.15, -0.1) is 11.3 Å². The second-order valence-electron chi connectivity index (χ2n) is 6.78. The van der Waals surface area contributed by atoms with Gasteiger partial charge in [-0.3, -0.25) is 5.10 Å². The van der Waals surface area contributed by atoms with E-state index in [0.29, 0.717) is 6.54 Å². The van der Waals surface area contributed by atoms with Crippen LogP contribution in [0, 0.1) is 6.92 Å². The Morgan fingerprint density at radius 2 is 2.00 bits per heavy atom. The second kappa shape index (κ2) is 8.70. The third-order valence-electron chi connectivity index (χ3n) is 4.44. The molecule has 0 radical (unpaired) electrons. The van der Waals surface area contributed by atoms with Gasteiger partial charge < -0.3 is 10.6 Å². The van der Waals surface area contributed by atoms with E-state index in [4.69, 9.17) is 4.98 Å². The van der Waals surface area contributed by atoms with Crippen LogP contribution in [0.4, 0.5) is 10.5 Å². The Morgan fingerprint density at radius 1 is 1.14 bits per heavy atom. The number of nitrogens with zero attached hydrogens (tertiary/aromatic N) is 2. The molecule has 0 saturated carbocycles. The number of carbonyl (C=O) groups is 1. The average molecular weight is 404 g/mol. The summed E-state index contributed by atoms with van der Waals surface area (Å²) in [6, 6.07) is 16.0. The van der Waals surface area contributed by atoms with Gasteiger partial charge in [0.1, 0.15) is 0 Å². The lowest BCUT2D eigenvalue weighted by molar-refractivity contribution is 0.251.